The van der Waals surface area contributed by atoms with Crippen LogP contribution >= 0.6 is 58.0 Å². The van der Waals surface area contributed by atoms with E-state index < -0.39 is 34.1 Å². The van der Waals surface area contributed by atoms with Crippen LogP contribution < -0.4 is 10.6 Å². The predicted octanol–water partition coefficient (Wildman–Crippen LogP) is 7.56. The van der Waals surface area contributed by atoms with E-state index in [9.17, 15) is 14.3 Å². The highest BCUT2D eigenvalue weighted by molar-refractivity contribution is 6.53. The number of alkyl halides is 2. The Bertz CT molecular complexity index is 1480. The van der Waals surface area contributed by atoms with Gasteiger partial charge in [-0.15, -0.1) is 23.2 Å². The minimum Gasteiger partial charge on any atom is -0.443 e. The van der Waals surface area contributed by atoms with E-state index in [0.717, 1.165) is 0 Å². The van der Waals surface area contributed by atoms with Crippen molar-refractivity contribution in [2.75, 3.05) is 10.6 Å². The number of carbonyl (C=O) groups excluding carboxylic acids is 1. The lowest BCUT2D eigenvalue weighted by molar-refractivity contribution is -0.117. The number of hydrogen-bond acceptors (Lipinski definition) is 5. The summed E-state index contributed by atoms with van der Waals surface area (Å²) < 4.78 is 18.3. The average Bonchev–Trinajstić information content (AvgIpc) is 3.12. The van der Waals surface area contributed by atoms with E-state index in [2.05, 4.69) is 15.6 Å². The number of aromatic nitrogens is 1. The Balaban J connectivity index is 1.34. The van der Waals surface area contributed by atoms with Crippen molar-refractivity contribution in [3.05, 3.63) is 86.9 Å². The van der Waals surface area contributed by atoms with Gasteiger partial charge in [0.2, 0.25) is 5.91 Å². The van der Waals surface area contributed by atoms with Crippen molar-refractivity contribution in [3.63, 3.8) is 0 Å². The van der Waals surface area contributed by atoms with E-state index in [0.29, 0.717) is 32.4 Å². The summed E-state index contributed by atoms with van der Waals surface area (Å²) in [5.74, 6) is -2.39. The Kier molecular flexibility index (Phi) is 6.74. The lowest BCUT2D eigenvalue weighted by atomic mass is 10.1. The molecule has 0 radical (unpaired) electrons. The minimum absolute atomic E-state index is 0.0210. The van der Waals surface area contributed by atoms with Gasteiger partial charge in [-0.05, 0) is 42.0 Å². The molecule has 0 spiro atoms. The first-order chi connectivity index (χ1) is 17.0. The molecule has 1 fully saturated rings. The third-order valence-corrected chi connectivity index (χ3v) is 7.57. The maximum absolute atomic E-state index is 14.4. The van der Waals surface area contributed by atoms with Gasteiger partial charge in [0.05, 0.1) is 11.6 Å². The second-order valence-corrected chi connectivity index (χ2v) is 11.0. The number of aliphatic hydroxyl groups is 1. The van der Waals surface area contributed by atoms with Crippen LogP contribution in [-0.4, -0.2) is 20.3 Å². The van der Waals surface area contributed by atoms with Crippen molar-refractivity contribution in [1.29, 1.82) is 0 Å². The summed E-state index contributed by atoms with van der Waals surface area (Å²) >= 11 is 31.3. The molecule has 1 saturated carbocycles. The number of amides is 1. The first-order valence-corrected chi connectivity index (χ1v) is 12.3. The Morgan fingerprint density at radius 1 is 1.08 bits per heavy atom. The van der Waals surface area contributed by atoms with Gasteiger partial charge >= 0.3 is 0 Å². The highest BCUT2D eigenvalue weighted by Crippen LogP contribution is 2.65. The van der Waals surface area contributed by atoms with E-state index in [1.54, 1.807) is 24.3 Å². The molecule has 1 amide bonds. The summed E-state index contributed by atoms with van der Waals surface area (Å²) in [6, 6.07) is 11.9. The molecule has 1 heterocycles. The van der Waals surface area contributed by atoms with Crippen LogP contribution in [0.4, 0.5) is 15.8 Å². The lowest BCUT2D eigenvalue weighted by Crippen LogP contribution is -2.18. The Hall–Kier alpha value is -2.26. The third-order valence-electron chi connectivity index (χ3n) is 5.85. The van der Waals surface area contributed by atoms with Crippen LogP contribution in [0.2, 0.25) is 15.1 Å². The number of aliphatic hydroxyl groups excluding tert-OH is 1. The van der Waals surface area contributed by atoms with Crippen molar-refractivity contribution in [3.8, 4) is 0 Å². The van der Waals surface area contributed by atoms with E-state index in [-0.39, 0.29) is 16.3 Å². The average molecular weight is 590 g/mol. The molecule has 36 heavy (non-hydrogen) atoms. The molecule has 0 aliphatic heterocycles. The summed E-state index contributed by atoms with van der Waals surface area (Å²) in [6.07, 6.45) is -0.221. The Morgan fingerprint density at radius 2 is 1.81 bits per heavy atom. The van der Waals surface area contributed by atoms with Crippen LogP contribution in [0.3, 0.4) is 0 Å². The molecule has 12 heteroatoms. The molecule has 1 aromatic heterocycles. The van der Waals surface area contributed by atoms with Crippen LogP contribution in [-0.2, 0) is 4.79 Å². The van der Waals surface area contributed by atoms with E-state index >= 15 is 0 Å². The molecule has 1 aliphatic carbocycles. The third kappa shape index (κ3) is 4.84. The van der Waals surface area contributed by atoms with Gasteiger partial charge in [0.1, 0.15) is 15.7 Å². The standard InChI is InChI=1S/C24H15Cl5FN3O3/c25-11-3-10(4-12(26)5-11)20-21(24(20,28)29)23(35)32-13-1-2-15(27)14(6-13)22(34)33-17-8-19-18(7-16(17)30)31-9-36-19/h1-9,20-22,33-34H,(H,32,35). The molecule has 1 aliphatic rings. The fourth-order valence-electron chi connectivity index (χ4n) is 4.09. The van der Waals surface area contributed by atoms with Crippen molar-refractivity contribution >= 4 is 86.4 Å². The van der Waals surface area contributed by atoms with E-state index in [1.165, 1.54) is 30.7 Å². The number of rotatable bonds is 6. The minimum atomic E-state index is -1.41. The number of nitrogens with zero attached hydrogens (tertiary/aromatic N) is 1. The molecule has 3 unspecified atom stereocenters. The smallest absolute Gasteiger partial charge is 0.231 e. The second-order valence-electron chi connectivity index (χ2n) is 8.26. The summed E-state index contributed by atoms with van der Waals surface area (Å²) in [5, 5.41) is 17.1. The normalized spacial score (nSPS) is 19.2. The Labute approximate surface area is 229 Å². The topological polar surface area (TPSA) is 87.4 Å². The number of carbonyl (C=O) groups is 1. The van der Waals surface area contributed by atoms with Crippen LogP contribution in [0.5, 0.6) is 0 Å². The molecule has 5 rings (SSSR count). The van der Waals surface area contributed by atoms with Crippen molar-refractivity contribution < 1.29 is 18.7 Å². The Morgan fingerprint density at radius 3 is 2.53 bits per heavy atom. The van der Waals surface area contributed by atoms with Gasteiger partial charge in [-0.25, -0.2) is 9.37 Å². The number of fused-ring (bicyclic) bond motifs is 1. The monoisotopic (exact) mass is 587 g/mol. The zero-order valence-electron chi connectivity index (χ0n) is 17.9. The van der Waals surface area contributed by atoms with Gasteiger partial charge in [0.15, 0.2) is 18.2 Å². The zero-order valence-corrected chi connectivity index (χ0v) is 21.7. The lowest BCUT2D eigenvalue weighted by Gasteiger charge is -2.17. The molecular formula is C24H15Cl5FN3O3. The zero-order chi connectivity index (χ0) is 25.8. The highest BCUT2D eigenvalue weighted by atomic mass is 35.5. The molecule has 3 N–H and O–H groups in total. The number of anilines is 2. The maximum atomic E-state index is 14.4. The highest BCUT2D eigenvalue weighted by Gasteiger charge is 2.67. The van der Waals surface area contributed by atoms with Crippen molar-refractivity contribution in [2.45, 2.75) is 16.5 Å². The van der Waals surface area contributed by atoms with Crippen LogP contribution in [0.15, 0.2) is 59.3 Å². The summed E-state index contributed by atoms with van der Waals surface area (Å²) in [4.78, 5) is 16.9. The van der Waals surface area contributed by atoms with Gasteiger partial charge in [-0.3, -0.25) is 4.79 Å². The summed E-state index contributed by atoms with van der Waals surface area (Å²) in [6.45, 7) is 0. The molecule has 0 saturated heterocycles. The number of hydrogen-bond donors (Lipinski definition) is 3. The first kappa shape index (κ1) is 25.4. The molecule has 6 nitrogen and oxygen atoms in total. The van der Waals surface area contributed by atoms with Crippen molar-refractivity contribution in [1.82, 2.24) is 4.98 Å². The molecule has 186 valence electrons. The van der Waals surface area contributed by atoms with Gasteiger partial charge in [-0.2, -0.15) is 0 Å². The van der Waals surface area contributed by atoms with Gasteiger partial charge in [0.25, 0.3) is 0 Å². The van der Waals surface area contributed by atoms with Crippen LogP contribution in [0.25, 0.3) is 11.1 Å². The molecule has 0 bridgehead atoms. The van der Waals surface area contributed by atoms with E-state index in [1.807, 2.05) is 0 Å². The van der Waals surface area contributed by atoms with Crippen molar-refractivity contribution in [2.24, 2.45) is 5.92 Å². The fourth-order valence-corrected chi connectivity index (χ4v) is 5.68. The number of oxazole rings is 1. The maximum Gasteiger partial charge on any atom is 0.231 e. The number of halogens is 6. The molecular weight excluding hydrogens is 575 g/mol. The van der Waals surface area contributed by atoms with Gasteiger partial charge in [0, 0.05) is 44.4 Å². The largest absolute Gasteiger partial charge is 0.443 e. The van der Waals surface area contributed by atoms with E-state index in [4.69, 9.17) is 62.4 Å². The predicted molar refractivity (Wildman–Crippen MR) is 140 cm³/mol. The second kappa shape index (κ2) is 9.56. The molecule has 4 aromatic rings. The van der Waals surface area contributed by atoms with Gasteiger partial charge in [-0.1, -0.05) is 34.8 Å². The van der Waals surface area contributed by atoms with Crippen LogP contribution in [0.1, 0.15) is 23.3 Å². The first-order valence-electron chi connectivity index (χ1n) is 10.5. The summed E-state index contributed by atoms with van der Waals surface area (Å²) in [7, 11) is 0. The molecule has 3 aromatic carbocycles. The van der Waals surface area contributed by atoms with Crippen LogP contribution in [0, 0.1) is 11.7 Å². The number of benzene rings is 3. The molecule has 3 atom stereocenters. The number of nitrogens with one attached hydrogen (secondary N) is 2. The fraction of sp³-hybridized carbons (Fsp3) is 0.167. The SMILES string of the molecule is O=C(Nc1ccc(Cl)c(C(O)Nc2cc3ocnc3cc2F)c1)C1C(c2cc(Cl)cc(Cl)c2)C1(Cl)Cl. The van der Waals surface area contributed by atoms with Gasteiger partial charge < -0.3 is 20.2 Å². The quantitative estimate of drug-likeness (QED) is 0.160. The summed E-state index contributed by atoms with van der Waals surface area (Å²) in [5.41, 5.74) is 1.81.